The Kier molecular flexibility index (Phi) is 1.04. The number of benzene rings is 1. The summed E-state index contributed by atoms with van der Waals surface area (Å²) in [6.45, 7) is -0.905. The first kappa shape index (κ1) is 3.15. The Labute approximate surface area is 67.4 Å². The highest BCUT2D eigenvalue weighted by Crippen LogP contribution is 2.15. The first-order valence-corrected chi connectivity index (χ1v) is 3.10. The molecule has 0 aliphatic carbocycles. The van der Waals surface area contributed by atoms with E-state index in [0.29, 0.717) is 0 Å². The molecule has 1 aromatic rings. The second-order valence-corrected chi connectivity index (χ2v) is 2.22. The first-order valence-electron chi connectivity index (χ1n) is 4.31. The Morgan fingerprint density at radius 3 is 2.89 bits per heavy atom. The molecule has 0 heterocycles. The molecule has 1 rings (SSSR count). The van der Waals surface area contributed by atoms with Crippen LogP contribution < -0.4 is 0 Å². The minimum atomic E-state index is -0.905. The molecule has 0 amide bonds. The van der Waals surface area contributed by atoms with Gasteiger partial charge in [0.15, 0.2) is 0 Å². The second-order valence-electron chi connectivity index (χ2n) is 1.43. The Morgan fingerprint density at radius 2 is 2.22 bits per heavy atom. The molecule has 0 unspecified atom stereocenters. The van der Waals surface area contributed by atoms with Crippen LogP contribution in [0.5, 0.6) is 0 Å². The van der Waals surface area contributed by atoms with Gasteiger partial charge < -0.3 is 0 Å². The molecule has 1 aromatic carbocycles. The molecule has 0 aliphatic rings. The van der Waals surface area contributed by atoms with Crippen molar-refractivity contribution in [3.63, 3.8) is 0 Å². The molecule has 0 spiro atoms. The van der Waals surface area contributed by atoms with Crippen molar-refractivity contribution in [1.29, 1.82) is 0 Å². The van der Waals surface area contributed by atoms with Gasteiger partial charge in [0.1, 0.15) is 6.67 Å². The summed E-state index contributed by atoms with van der Waals surface area (Å²) in [4.78, 5) is 0. The monoisotopic (exact) mass is 192 g/mol. The Hall–Kier alpha value is -0.370. The van der Waals surface area contributed by atoms with Crippen LogP contribution in [0, 0.1) is 0 Å². The predicted molar refractivity (Wildman–Crippen MR) is 39.0 cm³/mol. The van der Waals surface area contributed by atoms with Crippen LogP contribution in [0.4, 0.5) is 4.39 Å². The summed E-state index contributed by atoms with van der Waals surface area (Å²) >= 11 is 2.93. The maximum Gasteiger partial charge on any atom is 0.116 e. The van der Waals surface area contributed by atoms with Gasteiger partial charge >= 0.3 is 0 Å². The van der Waals surface area contributed by atoms with E-state index in [1.165, 1.54) is 0 Å². The van der Waals surface area contributed by atoms with Gasteiger partial charge in [-0.1, -0.05) is 34.1 Å². The fraction of sp³-hybridized carbons (Fsp3) is 0.143. The first-order chi connectivity index (χ1) is 6.00. The Morgan fingerprint density at radius 1 is 1.56 bits per heavy atom. The van der Waals surface area contributed by atoms with E-state index >= 15 is 0 Å². The lowest BCUT2D eigenvalue weighted by molar-refractivity contribution is 0.484. The number of hydrogen-bond acceptors (Lipinski definition) is 0. The van der Waals surface area contributed by atoms with E-state index in [1.807, 2.05) is 0 Å². The van der Waals surface area contributed by atoms with Gasteiger partial charge in [-0.05, 0) is 11.6 Å². The molecule has 0 bridgehead atoms. The molecule has 0 nitrogen and oxygen atoms in total. The smallest absolute Gasteiger partial charge is 0.116 e. The van der Waals surface area contributed by atoms with Gasteiger partial charge in [-0.2, -0.15) is 0 Å². The van der Waals surface area contributed by atoms with E-state index in [1.54, 1.807) is 0 Å². The summed E-state index contributed by atoms with van der Waals surface area (Å²) < 4.78 is 41.6. The van der Waals surface area contributed by atoms with Crippen LogP contribution in [0.25, 0.3) is 0 Å². The quantitative estimate of drug-likeness (QED) is 0.643. The molecular formula is C7H6BrF. The van der Waals surface area contributed by atoms with Gasteiger partial charge in [-0.25, -0.2) is 4.39 Å². The van der Waals surface area contributed by atoms with E-state index < -0.39 is 12.7 Å². The minimum absolute atomic E-state index is 0.0361. The van der Waals surface area contributed by atoms with Gasteiger partial charge in [0, 0.05) is 4.47 Å². The zero-order chi connectivity index (χ0) is 10.2. The molecule has 0 aromatic heterocycles. The Balaban J connectivity index is 3.56. The van der Waals surface area contributed by atoms with Gasteiger partial charge in [0.25, 0.3) is 0 Å². The maximum atomic E-state index is 12.4. The maximum absolute atomic E-state index is 12.4. The van der Waals surface area contributed by atoms with E-state index in [4.69, 9.17) is 5.48 Å². The second kappa shape index (κ2) is 2.97. The SMILES string of the molecule is [2H]c1c([2H])c([2H])c(CF)c(Br)c1[2H]. The highest BCUT2D eigenvalue weighted by molar-refractivity contribution is 9.10. The number of rotatable bonds is 1. The van der Waals surface area contributed by atoms with Crippen LogP contribution in [0.3, 0.4) is 0 Å². The van der Waals surface area contributed by atoms with Crippen LogP contribution in [0.2, 0.25) is 0 Å². The molecule has 2 heteroatoms. The van der Waals surface area contributed by atoms with Gasteiger partial charge in [0.05, 0.1) is 5.48 Å². The van der Waals surface area contributed by atoms with Crippen molar-refractivity contribution in [3.8, 4) is 0 Å². The summed E-state index contributed by atoms with van der Waals surface area (Å²) in [5, 5.41) is 0. The third-order valence-electron chi connectivity index (χ3n) is 0.847. The average molecular weight is 193 g/mol. The van der Waals surface area contributed by atoms with E-state index in [9.17, 15) is 4.39 Å². The number of alkyl halides is 1. The third-order valence-corrected chi connectivity index (χ3v) is 1.52. The molecule has 0 aliphatic heterocycles. The predicted octanol–water partition coefficient (Wildman–Crippen LogP) is 2.92. The summed E-state index contributed by atoms with van der Waals surface area (Å²) in [6.07, 6.45) is 0. The van der Waals surface area contributed by atoms with Crippen molar-refractivity contribution in [3.05, 3.63) is 34.2 Å². The zero-order valence-corrected chi connectivity index (χ0v) is 6.05. The van der Waals surface area contributed by atoms with Gasteiger partial charge in [-0.3, -0.25) is 0 Å². The summed E-state index contributed by atoms with van der Waals surface area (Å²) in [5.41, 5.74) is -0.0361. The molecule has 9 heavy (non-hydrogen) atoms. The van der Waals surface area contributed by atoms with Crippen molar-refractivity contribution in [2.75, 3.05) is 0 Å². The van der Waals surface area contributed by atoms with Crippen LogP contribution >= 0.6 is 15.9 Å². The molecule has 0 saturated carbocycles. The van der Waals surface area contributed by atoms with Gasteiger partial charge in [-0.15, -0.1) is 0 Å². The fourth-order valence-electron chi connectivity index (χ4n) is 0.415. The highest BCUT2D eigenvalue weighted by Gasteiger charge is 1.93. The third kappa shape index (κ3) is 1.52. The van der Waals surface area contributed by atoms with E-state index in [2.05, 4.69) is 15.9 Å². The number of halogens is 2. The van der Waals surface area contributed by atoms with Crippen LogP contribution in [-0.2, 0) is 6.67 Å². The molecule has 0 fully saturated rings. The normalized spacial score (nSPS) is 15.8. The molecular weight excluding hydrogens is 183 g/mol. The van der Waals surface area contributed by atoms with E-state index in [0.717, 1.165) is 0 Å². The molecule has 0 radical (unpaired) electrons. The lowest BCUT2D eigenvalue weighted by Gasteiger charge is -1.94. The molecule has 48 valence electrons. The standard InChI is InChI=1S/C7H6BrF/c8-7-4-2-1-3-6(7)5-9/h1-4H,5H2/i1D,2D,3D,4D. The number of hydrogen-bond donors (Lipinski definition) is 0. The average Bonchev–Trinajstić information content (AvgIpc) is 2.13. The molecule has 0 atom stereocenters. The lowest BCUT2D eigenvalue weighted by atomic mass is 10.2. The highest BCUT2D eigenvalue weighted by atomic mass is 79.9. The van der Waals surface area contributed by atoms with Crippen LogP contribution in [-0.4, -0.2) is 0 Å². The van der Waals surface area contributed by atoms with E-state index in [-0.39, 0.29) is 28.2 Å². The summed E-state index contributed by atoms with van der Waals surface area (Å²) in [5.74, 6) is 0. The van der Waals surface area contributed by atoms with Crippen LogP contribution in [0.1, 0.15) is 11.0 Å². The molecule has 0 saturated heterocycles. The zero-order valence-electron chi connectivity index (χ0n) is 8.46. The lowest BCUT2D eigenvalue weighted by Crippen LogP contribution is -1.77. The van der Waals surface area contributed by atoms with Crippen molar-refractivity contribution < 1.29 is 9.87 Å². The van der Waals surface area contributed by atoms with Crippen molar-refractivity contribution in [2.24, 2.45) is 0 Å². The topological polar surface area (TPSA) is 0 Å². The van der Waals surface area contributed by atoms with Crippen molar-refractivity contribution in [2.45, 2.75) is 6.67 Å². The summed E-state index contributed by atoms with van der Waals surface area (Å²) in [7, 11) is 0. The summed E-state index contributed by atoms with van der Waals surface area (Å²) in [6, 6.07) is -1.32. The largest absolute Gasteiger partial charge is 0.246 e. The fourth-order valence-corrected chi connectivity index (χ4v) is 0.719. The van der Waals surface area contributed by atoms with Crippen LogP contribution in [0.15, 0.2) is 28.6 Å². The van der Waals surface area contributed by atoms with Gasteiger partial charge in [0.2, 0.25) is 0 Å². The molecule has 0 N–H and O–H groups in total. The van der Waals surface area contributed by atoms with Crippen molar-refractivity contribution >= 4 is 15.9 Å². The Bertz CT molecular complexity index is 324. The minimum Gasteiger partial charge on any atom is -0.246 e. The van der Waals surface area contributed by atoms with Crippen molar-refractivity contribution in [1.82, 2.24) is 0 Å².